The standard InChI is InChI=1S/C23H25ClN2O4/c1-25(16-17-2-5-19(6-3-17)26-8-10-28-11-9-26)22(27)7-4-18-14-20(24)23-21(15-18)29-12-13-30-23/h2-7,14-15H,8-13,16H2,1H3/b7-4+. The number of carbonyl (C=O) groups excluding carboxylic acids is 1. The predicted octanol–water partition coefficient (Wildman–Crippen LogP) is 3.62. The van der Waals surface area contributed by atoms with Crippen molar-refractivity contribution in [1.29, 1.82) is 0 Å². The lowest BCUT2D eigenvalue weighted by molar-refractivity contribution is -0.125. The van der Waals surface area contributed by atoms with E-state index in [9.17, 15) is 4.79 Å². The van der Waals surface area contributed by atoms with Crippen LogP contribution in [-0.2, 0) is 16.1 Å². The number of ether oxygens (including phenoxy) is 3. The van der Waals surface area contributed by atoms with Gasteiger partial charge < -0.3 is 24.0 Å². The Labute approximate surface area is 181 Å². The van der Waals surface area contributed by atoms with E-state index in [0.717, 1.165) is 37.4 Å². The van der Waals surface area contributed by atoms with Crippen LogP contribution in [0.4, 0.5) is 5.69 Å². The second-order valence-electron chi connectivity index (χ2n) is 7.32. The lowest BCUT2D eigenvalue weighted by atomic mass is 10.1. The third-order valence-corrected chi connectivity index (χ3v) is 5.43. The molecule has 2 aliphatic heterocycles. The Balaban J connectivity index is 1.36. The van der Waals surface area contributed by atoms with E-state index < -0.39 is 0 Å². The molecule has 0 spiro atoms. The molecule has 0 atom stereocenters. The first-order chi connectivity index (χ1) is 14.6. The Morgan fingerprint density at radius 2 is 1.83 bits per heavy atom. The van der Waals surface area contributed by atoms with Gasteiger partial charge in [0.05, 0.1) is 18.2 Å². The highest BCUT2D eigenvalue weighted by Gasteiger charge is 2.16. The molecule has 4 rings (SSSR count). The van der Waals surface area contributed by atoms with Crippen LogP contribution in [-0.4, -0.2) is 57.4 Å². The van der Waals surface area contributed by atoms with E-state index in [2.05, 4.69) is 29.2 Å². The van der Waals surface area contributed by atoms with Crippen molar-refractivity contribution in [2.45, 2.75) is 6.54 Å². The minimum absolute atomic E-state index is 0.0849. The number of halogens is 1. The van der Waals surface area contributed by atoms with Crippen molar-refractivity contribution >= 4 is 29.3 Å². The molecule has 0 aliphatic carbocycles. The number of hydrogen-bond acceptors (Lipinski definition) is 5. The van der Waals surface area contributed by atoms with Crippen molar-refractivity contribution in [1.82, 2.24) is 4.90 Å². The molecule has 2 heterocycles. The van der Waals surface area contributed by atoms with Crippen LogP contribution < -0.4 is 14.4 Å². The average Bonchev–Trinajstić information content (AvgIpc) is 2.78. The molecule has 30 heavy (non-hydrogen) atoms. The minimum atomic E-state index is -0.0849. The van der Waals surface area contributed by atoms with Gasteiger partial charge in [-0.3, -0.25) is 4.79 Å². The quantitative estimate of drug-likeness (QED) is 0.681. The number of carbonyl (C=O) groups is 1. The number of likely N-dealkylation sites (N-methyl/N-ethyl adjacent to an activating group) is 1. The number of nitrogens with zero attached hydrogens (tertiary/aromatic N) is 2. The number of rotatable bonds is 5. The summed E-state index contributed by atoms with van der Waals surface area (Å²) >= 11 is 6.26. The Hall–Kier alpha value is -2.70. The van der Waals surface area contributed by atoms with Crippen molar-refractivity contribution < 1.29 is 19.0 Å². The second-order valence-corrected chi connectivity index (χ2v) is 7.73. The summed E-state index contributed by atoms with van der Waals surface area (Å²) in [5.41, 5.74) is 3.06. The van der Waals surface area contributed by atoms with Crippen molar-refractivity contribution in [3.8, 4) is 11.5 Å². The zero-order valence-corrected chi connectivity index (χ0v) is 17.7. The summed E-state index contributed by atoms with van der Waals surface area (Å²) in [6.45, 7) is 4.86. The Kier molecular flexibility index (Phi) is 6.45. The molecule has 6 nitrogen and oxygen atoms in total. The molecule has 1 amide bonds. The molecule has 2 aliphatic rings. The highest BCUT2D eigenvalue weighted by Crippen LogP contribution is 2.38. The number of hydrogen-bond donors (Lipinski definition) is 0. The van der Waals surface area contributed by atoms with Crippen molar-refractivity contribution in [3.63, 3.8) is 0 Å². The van der Waals surface area contributed by atoms with Gasteiger partial charge >= 0.3 is 0 Å². The number of amides is 1. The molecule has 0 bridgehead atoms. The highest BCUT2D eigenvalue weighted by molar-refractivity contribution is 6.32. The summed E-state index contributed by atoms with van der Waals surface area (Å²) < 4.78 is 16.5. The summed E-state index contributed by atoms with van der Waals surface area (Å²) in [6.07, 6.45) is 3.29. The fraction of sp³-hybridized carbons (Fsp3) is 0.348. The zero-order valence-electron chi connectivity index (χ0n) is 17.0. The van der Waals surface area contributed by atoms with Gasteiger partial charge in [-0.2, -0.15) is 0 Å². The molecule has 1 saturated heterocycles. The number of benzene rings is 2. The highest BCUT2D eigenvalue weighted by atomic mass is 35.5. The van der Waals surface area contributed by atoms with Crippen LogP contribution in [0.5, 0.6) is 11.5 Å². The molecular formula is C23H25ClN2O4. The first-order valence-corrected chi connectivity index (χ1v) is 10.4. The molecular weight excluding hydrogens is 404 g/mol. The average molecular weight is 429 g/mol. The van der Waals surface area contributed by atoms with E-state index >= 15 is 0 Å². The van der Waals surface area contributed by atoms with Crippen molar-refractivity contribution in [2.75, 3.05) is 51.5 Å². The maximum atomic E-state index is 12.5. The van der Waals surface area contributed by atoms with E-state index in [1.54, 1.807) is 30.2 Å². The second kappa shape index (κ2) is 9.41. The SMILES string of the molecule is CN(Cc1ccc(N2CCOCC2)cc1)C(=O)/C=C/c1cc(Cl)c2c(c1)OCCO2. The normalized spacial score (nSPS) is 16.0. The van der Waals surface area contributed by atoms with Crippen molar-refractivity contribution in [2.24, 2.45) is 0 Å². The molecule has 7 heteroatoms. The van der Waals surface area contributed by atoms with Crippen LogP contribution in [0.3, 0.4) is 0 Å². The van der Waals surface area contributed by atoms with Crippen LogP contribution in [0, 0.1) is 0 Å². The molecule has 0 radical (unpaired) electrons. The fourth-order valence-corrected chi connectivity index (χ4v) is 3.78. The molecule has 0 unspecified atom stereocenters. The third-order valence-electron chi connectivity index (χ3n) is 5.15. The molecule has 0 saturated carbocycles. The topological polar surface area (TPSA) is 51.2 Å². The maximum Gasteiger partial charge on any atom is 0.246 e. The first kappa shape index (κ1) is 20.6. The largest absolute Gasteiger partial charge is 0.486 e. The van der Waals surface area contributed by atoms with E-state index in [4.69, 9.17) is 25.8 Å². The zero-order chi connectivity index (χ0) is 20.9. The smallest absolute Gasteiger partial charge is 0.246 e. The minimum Gasteiger partial charge on any atom is -0.486 e. The lowest BCUT2D eigenvalue weighted by Crippen LogP contribution is -2.36. The van der Waals surface area contributed by atoms with Crippen LogP contribution in [0.2, 0.25) is 5.02 Å². The van der Waals surface area contributed by atoms with Gasteiger partial charge in [0.15, 0.2) is 11.5 Å². The van der Waals surface area contributed by atoms with Gasteiger partial charge in [0.2, 0.25) is 5.91 Å². The van der Waals surface area contributed by atoms with Gasteiger partial charge in [-0.25, -0.2) is 0 Å². The summed E-state index contributed by atoms with van der Waals surface area (Å²) in [5.74, 6) is 1.08. The summed E-state index contributed by atoms with van der Waals surface area (Å²) in [6, 6.07) is 11.9. The van der Waals surface area contributed by atoms with Crippen LogP contribution in [0.1, 0.15) is 11.1 Å². The van der Waals surface area contributed by atoms with Gasteiger partial charge in [-0.15, -0.1) is 0 Å². The van der Waals surface area contributed by atoms with E-state index in [-0.39, 0.29) is 5.91 Å². The molecule has 2 aromatic carbocycles. The Morgan fingerprint density at radius 3 is 2.60 bits per heavy atom. The first-order valence-electron chi connectivity index (χ1n) is 10.0. The summed E-state index contributed by atoms with van der Waals surface area (Å²) in [7, 11) is 1.79. The molecule has 0 aromatic heterocycles. The Morgan fingerprint density at radius 1 is 1.10 bits per heavy atom. The molecule has 0 N–H and O–H groups in total. The Bertz CT molecular complexity index is 924. The molecule has 1 fully saturated rings. The summed E-state index contributed by atoms with van der Waals surface area (Å²) in [4.78, 5) is 16.5. The number of fused-ring (bicyclic) bond motifs is 1. The van der Waals surface area contributed by atoms with Crippen LogP contribution in [0.25, 0.3) is 6.08 Å². The van der Waals surface area contributed by atoms with Gasteiger partial charge in [0, 0.05) is 38.4 Å². The van der Waals surface area contributed by atoms with Gasteiger partial charge in [-0.1, -0.05) is 23.7 Å². The summed E-state index contributed by atoms with van der Waals surface area (Å²) in [5, 5.41) is 0.480. The molecule has 2 aromatic rings. The van der Waals surface area contributed by atoms with Crippen molar-refractivity contribution in [3.05, 3.63) is 58.6 Å². The monoisotopic (exact) mass is 428 g/mol. The molecule has 158 valence electrons. The van der Waals surface area contributed by atoms with Crippen LogP contribution in [0.15, 0.2) is 42.5 Å². The van der Waals surface area contributed by atoms with E-state index in [1.165, 1.54) is 5.69 Å². The van der Waals surface area contributed by atoms with Gasteiger partial charge in [0.1, 0.15) is 13.2 Å². The van der Waals surface area contributed by atoms with E-state index in [0.29, 0.717) is 36.3 Å². The van der Waals surface area contributed by atoms with Crippen LogP contribution >= 0.6 is 11.6 Å². The van der Waals surface area contributed by atoms with Gasteiger partial charge in [0.25, 0.3) is 0 Å². The third kappa shape index (κ3) is 4.89. The maximum absolute atomic E-state index is 12.5. The number of anilines is 1. The number of morpholine rings is 1. The lowest BCUT2D eigenvalue weighted by Gasteiger charge is -2.29. The van der Waals surface area contributed by atoms with E-state index in [1.807, 2.05) is 6.07 Å². The van der Waals surface area contributed by atoms with Gasteiger partial charge in [-0.05, 0) is 41.5 Å². The fourth-order valence-electron chi connectivity index (χ4n) is 3.51. The predicted molar refractivity (Wildman–Crippen MR) is 117 cm³/mol.